The summed E-state index contributed by atoms with van der Waals surface area (Å²) < 4.78 is 151. The summed E-state index contributed by atoms with van der Waals surface area (Å²) in [6.07, 6.45) is -7.11. The van der Waals surface area contributed by atoms with Crippen molar-refractivity contribution in [2.24, 2.45) is 0 Å². The summed E-state index contributed by atoms with van der Waals surface area (Å²) >= 11 is 17.8. The van der Waals surface area contributed by atoms with Gasteiger partial charge in [-0.25, -0.2) is 38.7 Å². The molecule has 544 valence electrons. The summed E-state index contributed by atoms with van der Waals surface area (Å²) in [5, 5.41) is 1.09. The van der Waals surface area contributed by atoms with Crippen LogP contribution >= 0.6 is 34.8 Å². The van der Waals surface area contributed by atoms with E-state index in [9.17, 15) is 35.1 Å². The third kappa shape index (κ3) is 20.5. The average molecular weight is 1470 g/mol. The molecule has 27 heteroatoms. The maximum atomic E-state index is 13.4. The molecule has 1 saturated carbocycles. The molecule has 1 aliphatic rings. The highest BCUT2D eigenvalue weighted by molar-refractivity contribution is 6.33. The van der Waals surface area contributed by atoms with E-state index in [1.54, 1.807) is 25.3 Å². The molecule has 6 aromatic heterocycles. The number of nitrogens with zero attached hydrogens (tertiary/aromatic N) is 6. The highest BCUT2D eigenvalue weighted by Crippen LogP contribution is 2.42. The van der Waals surface area contributed by atoms with Crippen LogP contribution < -0.4 is 18.9 Å². The van der Waals surface area contributed by atoms with Gasteiger partial charge in [0.05, 0.1) is 24.3 Å². The number of hydrogen-bond donors (Lipinski definition) is 0. The fraction of sp³-hybridized carbons (Fsp3) is 0.432. The zero-order chi connectivity index (χ0) is 75.2. The van der Waals surface area contributed by atoms with Crippen molar-refractivity contribution >= 4 is 101 Å². The van der Waals surface area contributed by atoms with Crippen LogP contribution in [-0.2, 0) is 32.5 Å². The van der Waals surface area contributed by atoms with E-state index in [-0.39, 0.29) is 54.5 Å². The van der Waals surface area contributed by atoms with Crippen molar-refractivity contribution in [2.75, 3.05) is 14.2 Å². The second-order valence-electron chi connectivity index (χ2n) is 30.2. The quantitative estimate of drug-likeness (QED) is 0.148. The molecule has 0 radical (unpaired) electrons. The van der Waals surface area contributed by atoms with Crippen molar-refractivity contribution in [2.45, 2.75) is 196 Å². The lowest BCUT2D eigenvalue weighted by molar-refractivity contribution is -0.276. The number of aryl methyl sites for hydroxylation is 1. The Labute approximate surface area is 593 Å². The maximum Gasteiger partial charge on any atom is 0.573 e. The molecular formula is C74H81Cl3F8N6O10. The van der Waals surface area contributed by atoms with Gasteiger partial charge >= 0.3 is 12.7 Å². The highest BCUT2D eigenvalue weighted by atomic mass is 35.5. The van der Waals surface area contributed by atoms with Gasteiger partial charge in [0.2, 0.25) is 35.3 Å². The topological polar surface area (TPSA) is 193 Å². The minimum absolute atomic E-state index is 0.0151. The van der Waals surface area contributed by atoms with E-state index in [1.807, 2.05) is 81.4 Å². The molecule has 0 amide bonds. The van der Waals surface area contributed by atoms with Crippen LogP contribution in [0.3, 0.4) is 0 Å². The fourth-order valence-electron chi connectivity index (χ4n) is 9.03. The molecule has 0 saturated heterocycles. The van der Waals surface area contributed by atoms with Crippen LogP contribution in [0.15, 0.2) is 105 Å². The van der Waals surface area contributed by atoms with E-state index in [1.165, 1.54) is 37.6 Å². The van der Waals surface area contributed by atoms with Crippen LogP contribution in [0.5, 0.6) is 23.0 Å². The van der Waals surface area contributed by atoms with Crippen LogP contribution in [0.2, 0.25) is 15.1 Å². The van der Waals surface area contributed by atoms with Gasteiger partial charge in [-0.1, -0.05) is 165 Å². The standard InChI is InChI=1S/C14H17NO.C12H11ClF3NO2.C12H14ClNO2.C12H14ClNO.C12H11F4NO2.C12H14FNO2/c1-14(2,3)13-15-11-7-6-10(9-4-5-9)8-12(11)16-13;1-11(2,3)10-17-7-4-6(13)8(5-9(7)18-10)19-12(14,15)16;1-12(2,3)11-14-8-6-9(15-4)7(13)5-10(8)16-11;1-7-5-9-10(6-8(7)13)15-11(14-9)12(2,3)4;1-11(2,3)10-17-7-4-6(13)8(5-9(7)18-10)19-12(14,15)16;1-12(2,3)11-14-8-6-9(15-4)7(13)5-10(8)16-11/h6-9H,4-5H2,1-3H3;4-5H,1-3H3;5-6H,1-4H3;5-6H,1-4H3;4-5H,1-3H3;5-6H,1-4H3. The lowest BCUT2D eigenvalue weighted by atomic mass is 9.97. The Balaban J connectivity index is 0.000000154. The number of methoxy groups -OCH3 is 2. The van der Waals surface area contributed by atoms with Crippen molar-refractivity contribution in [3.63, 3.8) is 0 Å². The van der Waals surface area contributed by atoms with Gasteiger partial charge in [0.15, 0.2) is 62.4 Å². The van der Waals surface area contributed by atoms with Gasteiger partial charge in [-0.15, -0.1) is 26.3 Å². The number of oxazole rings is 6. The normalized spacial score (nSPS) is 13.2. The Kier molecular flexibility index (Phi) is 22.6. The van der Waals surface area contributed by atoms with E-state index in [4.69, 9.17) is 70.8 Å². The number of hydrogen-bond acceptors (Lipinski definition) is 16. The van der Waals surface area contributed by atoms with E-state index >= 15 is 0 Å². The maximum absolute atomic E-state index is 13.4. The van der Waals surface area contributed by atoms with Gasteiger partial charge in [-0.2, -0.15) is 0 Å². The molecule has 0 N–H and O–H groups in total. The van der Waals surface area contributed by atoms with E-state index in [2.05, 4.69) is 120 Å². The molecule has 1 fully saturated rings. The van der Waals surface area contributed by atoms with Crippen molar-refractivity contribution in [3.8, 4) is 23.0 Å². The van der Waals surface area contributed by atoms with Crippen molar-refractivity contribution in [3.05, 3.63) is 152 Å². The molecule has 6 heterocycles. The van der Waals surface area contributed by atoms with Gasteiger partial charge in [0, 0.05) is 86.0 Å². The van der Waals surface area contributed by atoms with Gasteiger partial charge < -0.3 is 45.5 Å². The Morgan fingerprint density at radius 1 is 0.347 bits per heavy atom. The van der Waals surface area contributed by atoms with Crippen LogP contribution in [-0.4, -0.2) is 56.8 Å². The molecule has 0 aliphatic heterocycles. The second kappa shape index (κ2) is 29.2. The number of fused-ring (bicyclic) bond motifs is 6. The summed E-state index contributed by atoms with van der Waals surface area (Å²) in [4.78, 5) is 26.0. The summed E-state index contributed by atoms with van der Waals surface area (Å²) in [7, 11) is 3.01. The molecule has 0 spiro atoms. The van der Waals surface area contributed by atoms with Gasteiger partial charge in [-0.3, -0.25) is 0 Å². The predicted octanol–water partition coefficient (Wildman–Crippen LogP) is 24.0. The van der Waals surface area contributed by atoms with Crippen LogP contribution in [0, 0.1) is 18.6 Å². The molecule has 0 atom stereocenters. The largest absolute Gasteiger partial charge is 0.573 e. The first-order valence-electron chi connectivity index (χ1n) is 31.9. The van der Waals surface area contributed by atoms with Gasteiger partial charge in [0.1, 0.15) is 38.8 Å². The Hall–Kier alpha value is -8.35. The Morgan fingerprint density at radius 2 is 0.653 bits per heavy atom. The first-order chi connectivity index (χ1) is 46.4. The third-order valence-electron chi connectivity index (χ3n) is 14.6. The number of rotatable bonds is 5. The van der Waals surface area contributed by atoms with Crippen LogP contribution in [0.4, 0.5) is 35.1 Å². The minimum Gasteiger partial charge on any atom is -0.495 e. The molecule has 12 aromatic rings. The number of benzene rings is 6. The smallest absolute Gasteiger partial charge is 0.495 e. The first kappa shape index (κ1) is 78.4. The number of aromatic nitrogens is 6. The molecule has 0 unspecified atom stereocenters. The monoisotopic (exact) mass is 1470 g/mol. The third-order valence-corrected chi connectivity index (χ3v) is 15.6. The number of halogens is 11. The Morgan fingerprint density at radius 3 is 1.05 bits per heavy atom. The molecule has 1 aliphatic carbocycles. The molecule has 13 rings (SSSR count). The predicted molar refractivity (Wildman–Crippen MR) is 374 cm³/mol. The zero-order valence-electron chi connectivity index (χ0n) is 59.9. The zero-order valence-corrected chi connectivity index (χ0v) is 62.2. The molecule has 101 heavy (non-hydrogen) atoms. The molecule has 6 aromatic carbocycles. The summed E-state index contributed by atoms with van der Waals surface area (Å²) in [5.41, 5.74) is 8.13. The van der Waals surface area contributed by atoms with Crippen LogP contribution in [0.1, 0.15) is 190 Å². The summed E-state index contributed by atoms with van der Waals surface area (Å²) in [6, 6.07) is 20.7. The van der Waals surface area contributed by atoms with Gasteiger partial charge in [-0.05, 0) is 61.1 Å². The number of ether oxygens (including phenoxy) is 4. The lowest BCUT2D eigenvalue weighted by Gasteiger charge is -2.11. The molecule has 0 bridgehead atoms. The Bertz CT molecular complexity index is 4660. The SMILES string of the molecule is CC(C)(C)c1nc2cc(Cl)c(OC(F)(F)F)cc2o1.CC(C)(C)c1nc2cc(F)c(OC(F)(F)F)cc2o1.CC(C)(C)c1nc2ccc(C3CC3)cc2o1.COc1cc2nc(C(C)(C)C)oc2cc1Cl.COc1cc2nc(C(C)(C)C)oc2cc1F.Cc1cc2nc(C(C)(C)C)oc2cc1Cl. The fourth-order valence-corrected chi connectivity index (χ4v) is 9.61. The van der Waals surface area contributed by atoms with E-state index in [0.717, 1.165) is 74.2 Å². The van der Waals surface area contributed by atoms with E-state index in [0.29, 0.717) is 56.5 Å². The van der Waals surface area contributed by atoms with Crippen molar-refractivity contribution in [1.29, 1.82) is 0 Å². The summed E-state index contributed by atoms with van der Waals surface area (Å²) in [6.45, 7) is 37.8. The molecule has 16 nitrogen and oxygen atoms in total. The average Bonchev–Trinajstić information content (AvgIpc) is 1.75. The van der Waals surface area contributed by atoms with Crippen molar-refractivity contribution < 1.29 is 80.6 Å². The lowest BCUT2D eigenvalue weighted by Crippen LogP contribution is -2.17. The molecular weight excluding hydrogens is 1390 g/mol. The van der Waals surface area contributed by atoms with Gasteiger partial charge in [0.25, 0.3) is 0 Å². The number of alkyl halides is 6. The van der Waals surface area contributed by atoms with E-state index < -0.39 is 41.3 Å². The summed E-state index contributed by atoms with van der Waals surface area (Å²) in [5.74, 6) is 2.15. The van der Waals surface area contributed by atoms with Crippen LogP contribution in [0.25, 0.3) is 66.6 Å². The second-order valence-corrected chi connectivity index (χ2v) is 31.4. The highest BCUT2D eigenvalue weighted by Gasteiger charge is 2.35. The first-order valence-corrected chi connectivity index (χ1v) is 33.0. The minimum atomic E-state index is -4.96. The van der Waals surface area contributed by atoms with Crippen molar-refractivity contribution in [1.82, 2.24) is 29.9 Å².